The van der Waals surface area contributed by atoms with E-state index < -0.39 is 5.91 Å². The molecular weight excluding hydrogens is 180 g/mol. The van der Waals surface area contributed by atoms with Crippen LogP contribution in [0.1, 0.15) is 5.56 Å². The number of hydrogen-bond acceptors (Lipinski definition) is 3. The fraction of sp³-hybridized carbons (Fsp3) is 0. The van der Waals surface area contributed by atoms with Crippen molar-refractivity contribution in [3.05, 3.63) is 35.4 Å². The van der Waals surface area contributed by atoms with E-state index in [2.05, 4.69) is 0 Å². The zero-order valence-corrected chi connectivity index (χ0v) is 7.27. The first-order chi connectivity index (χ1) is 6.63. The Morgan fingerprint density at radius 2 is 2.29 bits per heavy atom. The van der Waals surface area contributed by atoms with Gasteiger partial charge in [0.2, 0.25) is 0 Å². The Bertz CT molecular complexity index is 430. The first-order valence-corrected chi connectivity index (χ1v) is 3.84. The third kappa shape index (κ3) is 2.35. The Balaban J connectivity index is 3.08. The molecular formula is C10H8N2O2. The Morgan fingerprint density at radius 3 is 2.79 bits per heavy atom. The highest BCUT2D eigenvalue weighted by Gasteiger charge is 2.02. The van der Waals surface area contributed by atoms with E-state index in [4.69, 9.17) is 16.1 Å². The van der Waals surface area contributed by atoms with Crippen molar-refractivity contribution in [2.75, 3.05) is 0 Å². The number of aromatic hydroxyl groups is 1. The van der Waals surface area contributed by atoms with Crippen molar-refractivity contribution in [2.24, 2.45) is 5.73 Å². The molecule has 1 aromatic rings. The van der Waals surface area contributed by atoms with Crippen LogP contribution in [-0.4, -0.2) is 11.0 Å². The van der Waals surface area contributed by atoms with Gasteiger partial charge in [0.1, 0.15) is 17.4 Å². The fourth-order valence-corrected chi connectivity index (χ4v) is 0.940. The smallest absolute Gasteiger partial charge is 0.259 e. The lowest BCUT2D eigenvalue weighted by molar-refractivity contribution is -0.114. The van der Waals surface area contributed by atoms with Crippen LogP contribution in [0.4, 0.5) is 0 Å². The van der Waals surface area contributed by atoms with Crippen LogP contribution in [-0.2, 0) is 4.79 Å². The predicted molar refractivity (Wildman–Crippen MR) is 50.9 cm³/mol. The van der Waals surface area contributed by atoms with Crippen LogP contribution in [0.15, 0.2) is 29.8 Å². The number of phenols is 1. The molecule has 14 heavy (non-hydrogen) atoms. The minimum atomic E-state index is -0.782. The van der Waals surface area contributed by atoms with Gasteiger partial charge in [0, 0.05) is 0 Å². The molecule has 3 N–H and O–H groups in total. The second kappa shape index (κ2) is 4.10. The topological polar surface area (TPSA) is 87.1 Å². The molecule has 0 fully saturated rings. The molecule has 0 saturated heterocycles. The molecule has 0 aliphatic rings. The summed E-state index contributed by atoms with van der Waals surface area (Å²) in [6.07, 6.45) is 1.32. The van der Waals surface area contributed by atoms with E-state index in [1.165, 1.54) is 18.2 Å². The molecule has 0 atom stereocenters. The summed E-state index contributed by atoms with van der Waals surface area (Å²) in [5, 5.41) is 17.7. The monoisotopic (exact) mass is 188 g/mol. The fourth-order valence-electron chi connectivity index (χ4n) is 0.940. The van der Waals surface area contributed by atoms with Crippen molar-refractivity contribution < 1.29 is 9.90 Å². The Hall–Kier alpha value is -2.28. The Kier molecular flexibility index (Phi) is 2.87. The van der Waals surface area contributed by atoms with Crippen LogP contribution in [0.5, 0.6) is 5.75 Å². The second-order valence-corrected chi connectivity index (χ2v) is 2.63. The molecule has 1 amide bonds. The first kappa shape index (κ1) is 9.81. The van der Waals surface area contributed by atoms with Crippen molar-refractivity contribution in [3.8, 4) is 11.8 Å². The van der Waals surface area contributed by atoms with Crippen LogP contribution in [0.25, 0.3) is 6.08 Å². The molecule has 4 nitrogen and oxygen atoms in total. The van der Waals surface area contributed by atoms with Gasteiger partial charge in [-0.25, -0.2) is 0 Å². The van der Waals surface area contributed by atoms with Crippen molar-refractivity contribution in [1.82, 2.24) is 0 Å². The number of primary amides is 1. The highest BCUT2D eigenvalue weighted by molar-refractivity contribution is 6.00. The van der Waals surface area contributed by atoms with Gasteiger partial charge in [0.25, 0.3) is 5.91 Å². The SMILES string of the molecule is N#C/C(=C\c1cccc(O)c1)C(N)=O. The summed E-state index contributed by atoms with van der Waals surface area (Å²) in [7, 11) is 0. The summed E-state index contributed by atoms with van der Waals surface area (Å²) in [6, 6.07) is 7.86. The van der Waals surface area contributed by atoms with Crippen molar-refractivity contribution in [1.29, 1.82) is 5.26 Å². The number of nitrogens with two attached hydrogens (primary N) is 1. The van der Waals surface area contributed by atoms with Crippen molar-refractivity contribution in [3.63, 3.8) is 0 Å². The van der Waals surface area contributed by atoms with Crippen LogP contribution >= 0.6 is 0 Å². The van der Waals surface area contributed by atoms with E-state index in [0.29, 0.717) is 5.56 Å². The maximum Gasteiger partial charge on any atom is 0.259 e. The number of phenolic OH excluding ortho intramolecular Hbond substituents is 1. The third-order valence-corrected chi connectivity index (χ3v) is 1.57. The van der Waals surface area contributed by atoms with Gasteiger partial charge in [-0.1, -0.05) is 12.1 Å². The minimum Gasteiger partial charge on any atom is -0.508 e. The average molecular weight is 188 g/mol. The van der Waals surface area contributed by atoms with Gasteiger partial charge in [-0.15, -0.1) is 0 Å². The van der Waals surface area contributed by atoms with E-state index in [9.17, 15) is 4.79 Å². The molecule has 1 rings (SSSR count). The van der Waals surface area contributed by atoms with E-state index in [0.717, 1.165) is 0 Å². The first-order valence-electron chi connectivity index (χ1n) is 3.84. The molecule has 1 aromatic carbocycles. The number of carbonyl (C=O) groups excluding carboxylic acids is 1. The number of amides is 1. The summed E-state index contributed by atoms with van der Waals surface area (Å²) < 4.78 is 0. The Morgan fingerprint density at radius 1 is 1.57 bits per heavy atom. The molecule has 0 aromatic heterocycles. The number of rotatable bonds is 2. The lowest BCUT2D eigenvalue weighted by Crippen LogP contribution is -2.12. The van der Waals surface area contributed by atoms with Gasteiger partial charge in [-0.05, 0) is 23.8 Å². The largest absolute Gasteiger partial charge is 0.508 e. The molecule has 0 spiro atoms. The maximum absolute atomic E-state index is 10.7. The van der Waals surface area contributed by atoms with Gasteiger partial charge in [0.05, 0.1) is 0 Å². The van der Waals surface area contributed by atoms with Crippen LogP contribution in [0.2, 0.25) is 0 Å². The lowest BCUT2D eigenvalue weighted by atomic mass is 10.1. The zero-order valence-electron chi connectivity index (χ0n) is 7.27. The number of benzene rings is 1. The van der Waals surface area contributed by atoms with Gasteiger partial charge in [0.15, 0.2) is 0 Å². The minimum absolute atomic E-state index is 0.0699. The normalized spacial score (nSPS) is 10.6. The van der Waals surface area contributed by atoms with E-state index in [1.54, 1.807) is 18.2 Å². The molecule has 0 unspecified atom stereocenters. The van der Waals surface area contributed by atoms with Gasteiger partial charge in [-0.3, -0.25) is 4.79 Å². The quantitative estimate of drug-likeness (QED) is 0.531. The summed E-state index contributed by atoms with van der Waals surface area (Å²) >= 11 is 0. The third-order valence-electron chi connectivity index (χ3n) is 1.57. The van der Waals surface area contributed by atoms with Crippen molar-refractivity contribution in [2.45, 2.75) is 0 Å². The van der Waals surface area contributed by atoms with Crippen LogP contribution in [0, 0.1) is 11.3 Å². The second-order valence-electron chi connectivity index (χ2n) is 2.63. The molecule has 0 aliphatic heterocycles. The summed E-state index contributed by atoms with van der Waals surface area (Å²) in [4.78, 5) is 10.7. The molecule has 70 valence electrons. The molecule has 0 radical (unpaired) electrons. The van der Waals surface area contributed by atoms with Gasteiger partial charge in [-0.2, -0.15) is 5.26 Å². The maximum atomic E-state index is 10.7. The van der Waals surface area contributed by atoms with E-state index >= 15 is 0 Å². The molecule has 4 heteroatoms. The van der Waals surface area contributed by atoms with E-state index in [-0.39, 0.29) is 11.3 Å². The number of carbonyl (C=O) groups is 1. The van der Waals surface area contributed by atoms with E-state index in [1.807, 2.05) is 0 Å². The standard InChI is InChI=1S/C10H8N2O2/c11-6-8(10(12)14)4-7-2-1-3-9(13)5-7/h1-5,13H,(H2,12,14)/b8-4+. The summed E-state index contributed by atoms with van der Waals surface area (Å²) in [6.45, 7) is 0. The molecule has 0 bridgehead atoms. The lowest BCUT2D eigenvalue weighted by Gasteiger charge is -1.95. The predicted octanol–water partition coefficient (Wildman–Crippen LogP) is 0.784. The molecule has 0 saturated carbocycles. The Labute approximate surface area is 80.9 Å². The average Bonchev–Trinajstić information content (AvgIpc) is 2.14. The number of nitrogens with zero attached hydrogens (tertiary/aromatic N) is 1. The number of hydrogen-bond donors (Lipinski definition) is 2. The van der Waals surface area contributed by atoms with Crippen LogP contribution in [0.3, 0.4) is 0 Å². The van der Waals surface area contributed by atoms with Crippen molar-refractivity contribution >= 4 is 12.0 Å². The summed E-state index contributed by atoms with van der Waals surface area (Å²) in [5.74, 6) is -0.712. The molecule has 0 heterocycles. The molecule has 0 aliphatic carbocycles. The summed E-state index contributed by atoms with van der Waals surface area (Å²) in [5.41, 5.74) is 5.35. The van der Waals surface area contributed by atoms with Gasteiger partial charge >= 0.3 is 0 Å². The number of nitriles is 1. The van der Waals surface area contributed by atoms with Crippen LogP contribution < -0.4 is 5.73 Å². The highest BCUT2D eigenvalue weighted by Crippen LogP contribution is 2.13. The zero-order chi connectivity index (χ0) is 10.6. The highest BCUT2D eigenvalue weighted by atomic mass is 16.3. The van der Waals surface area contributed by atoms with Gasteiger partial charge < -0.3 is 10.8 Å².